The molecule has 0 aliphatic heterocycles. The van der Waals surface area contributed by atoms with Crippen molar-refractivity contribution < 1.29 is 9.47 Å². The first-order chi connectivity index (χ1) is 7.54. The summed E-state index contributed by atoms with van der Waals surface area (Å²) in [6.45, 7) is 10.9. The largest absolute Gasteiger partial charge is 0.494 e. The minimum Gasteiger partial charge on any atom is -0.494 e. The fourth-order valence-corrected chi connectivity index (χ4v) is 1.51. The van der Waals surface area contributed by atoms with Crippen LogP contribution in [0.1, 0.15) is 40.2 Å². The molecule has 0 aliphatic carbocycles. The number of rotatable bonds is 5. The molecule has 0 fully saturated rings. The van der Waals surface area contributed by atoms with Gasteiger partial charge in [0.15, 0.2) is 0 Å². The Hall–Kier alpha value is -1.18. The van der Waals surface area contributed by atoms with E-state index in [1.807, 2.05) is 39.0 Å². The molecule has 0 bridgehead atoms. The standard InChI is InChI=1S/C14H21O2/c1-6-15-12-7-8-14(16-11(4)5)13(9-12)10(2)3/h7-9,11H,6H2,1-5H3. The smallest absolute Gasteiger partial charge is 0.123 e. The van der Waals surface area contributed by atoms with Crippen LogP contribution in [-0.4, -0.2) is 12.7 Å². The van der Waals surface area contributed by atoms with Crippen molar-refractivity contribution in [3.63, 3.8) is 0 Å². The van der Waals surface area contributed by atoms with E-state index in [1.54, 1.807) is 0 Å². The van der Waals surface area contributed by atoms with Crippen molar-refractivity contribution in [2.45, 2.75) is 40.7 Å². The van der Waals surface area contributed by atoms with E-state index in [1.165, 1.54) is 5.92 Å². The van der Waals surface area contributed by atoms with E-state index >= 15 is 0 Å². The van der Waals surface area contributed by atoms with Gasteiger partial charge < -0.3 is 9.47 Å². The summed E-state index contributed by atoms with van der Waals surface area (Å²) in [6, 6.07) is 5.97. The quantitative estimate of drug-likeness (QED) is 0.752. The molecule has 0 N–H and O–H groups in total. The predicted molar refractivity (Wildman–Crippen MR) is 67.1 cm³/mol. The molecule has 2 nitrogen and oxygen atoms in total. The molecule has 1 rings (SSSR count). The molecule has 1 aromatic rings. The average Bonchev–Trinajstić information content (AvgIpc) is 2.19. The highest BCUT2D eigenvalue weighted by atomic mass is 16.5. The van der Waals surface area contributed by atoms with Crippen LogP contribution in [0.3, 0.4) is 0 Å². The third-order valence-electron chi connectivity index (χ3n) is 2.16. The normalized spacial score (nSPS) is 10.9. The molecule has 0 heterocycles. The highest BCUT2D eigenvalue weighted by Crippen LogP contribution is 2.30. The van der Waals surface area contributed by atoms with Crippen LogP contribution < -0.4 is 9.47 Å². The summed E-state index contributed by atoms with van der Waals surface area (Å²) in [4.78, 5) is 0. The topological polar surface area (TPSA) is 18.5 Å². The molecule has 2 heteroatoms. The lowest BCUT2D eigenvalue weighted by Gasteiger charge is -2.17. The number of ether oxygens (including phenoxy) is 2. The Balaban J connectivity index is 2.99. The van der Waals surface area contributed by atoms with Crippen LogP contribution in [0.5, 0.6) is 11.5 Å². The Labute approximate surface area is 98.6 Å². The van der Waals surface area contributed by atoms with Gasteiger partial charge in [0.05, 0.1) is 12.7 Å². The SMILES string of the molecule is CCOc1ccc(OC(C)C)c([C](C)C)c1. The fraction of sp³-hybridized carbons (Fsp3) is 0.500. The maximum atomic E-state index is 5.76. The second-order valence-electron chi connectivity index (χ2n) is 4.26. The van der Waals surface area contributed by atoms with Gasteiger partial charge in [-0.1, -0.05) is 13.8 Å². The lowest BCUT2D eigenvalue weighted by atomic mass is 10.0. The fourth-order valence-electron chi connectivity index (χ4n) is 1.51. The second kappa shape index (κ2) is 5.78. The summed E-state index contributed by atoms with van der Waals surface area (Å²) >= 11 is 0. The molecule has 0 aromatic heterocycles. The number of benzene rings is 1. The molecule has 0 spiro atoms. The Morgan fingerprint density at radius 3 is 2.44 bits per heavy atom. The van der Waals surface area contributed by atoms with Crippen LogP contribution in [0, 0.1) is 5.92 Å². The predicted octanol–water partition coefficient (Wildman–Crippen LogP) is 3.83. The van der Waals surface area contributed by atoms with E-state index in [-0.39, 0.29) is 6.10 Å². The molecule has 0 aliphatic rings. The number of hydrogen-bond donors (Lipinski definition) is 0. The Kier molecular flexibility index (Phi) is 4.66. The van der Waals surface area contributed by atoms with E-state index in [0.29, 0.717) is 6.61 Å². The zero-order valence-corrected chi connectivity index (χ0v) is 10.8. The Morgan fingerprint density at radius 2 is 1.94 bits per heavy atom. The van der Waals surface area contributed by atoms with Gasteiger partial charge >= 0.3 is 0 Å². The summed E-state index contributed by atoms with van der Waals surface area (Å²) in [7, 11) is 0. The second-order valence-corrected chi connectivity index (χ2v) is 4.26. The summed E-state index contributed by atoms with van der Waals surface area (Å²) in [5.41, 5.74) is 1.12. The maximum Gasteiger partial charge on any atom is 0.123 e. The monoisotopic (exact) mass is 221 g/mol. The highest BCUT2D eigenvalue weighted by Gasteiger charge is 2.11. The van der Waals surface area contributed by atoms with Gasteiger partial charge in [0, 0.05) is 11.5 Å². The van der Waals surface area contributed by atoms with E-state index in [9.17, 15) is 0 Å². The van der Waals surface area contributed by atoms with Crippen LogP contribution in [0.4, 0.5) is 0 Å². The van der Waals surface area contributed by atoms with Crippen LogP contribution in [-0.2, 0) is 0 Å². The van der Waals surface area contributed by atoms with Crippen molar-refractivity contribution in [3.8, 4) is 11.5 Å². The minimum atomic E-state index is 0.191. The molecule has 1 aromatic carbocycles. The molecular formula is C14H21O2. The van der Waals surface area contributed by atoms with Crippen LogP contribution >= 0.6 is 0 Å². The lowest BCUT2D eigenvalue weighted by molar-refractivity contribution is 0.240. The van der Waals surface area contributed by atoms with Crippen molar-refractivity contribution in [1.82, 2.24) is 0 Å². The van der Waals surface area contributed by atoms with Crippen LogP contribution in [0.15, 0.2) is 18.2 Å². The van der Waals surface area contributed by atoms with E-state index in [0.717, 1.165) is 17.1 Å². The van der Waals surface area contributed by atoms with Gasteiger partial charge in [-0.2, -0.15) is 0 Å². The van der Waals surface area contributed by atoms with Gasteiger partial charge in [-0.25, -0.2) is 0 Å². The molecule has 0 atom stereocenters. The molecule has 0 saturated carbocycles. The van der Waals surface area contributed by atoms with E-state index in [4.69, 9.17) is 9.47 Å². The van der Waals surface area contributed by atoms with Crippen LogP contribution in [0.2, 0.25) is 0 Å². The third kappa shape index (κ3) is 3.44. The van der Waals surface area contributed by atoms with Gasteiger partial charge in [0.25, 0.3) is 0 Å². The third-order valence-corrected chi connectivity index (χ3v) is 2.16. The maximum absolute atomic E-state index is 5.76. The first-order valence-electron chi connectivity index (χ1n) is 5.78. The molecule has 0 saturated heterocycles. The average molecular weight is 221 g/mol. The molecule has 0 amide bonds. The Bertz CT molecular complexity index is 330. The first-order valence-corrected chi connectivity index (χ1v) is 5.78. The molecule has 1 radical (unpaired) electrons. The summed E-state index contributed by atoms with van der Waals surface area (Å²) in [5.74, 6) is 3.06. The van der Waals surface area contributed by atoms with Gasteiger partial charge in [-0.3, -0.25) is 0 Å². The molecular weight excluding hydrogens is 200 g/mol. The lowest BCUT2D eigenvalue weighted by Crippen LogP contribution is -2.08. The zero-order valence-electron chi connectivity index (χ0n) is 10.8. The first kappa shape index (κ1) is 12.9. The zero-order chi connectivity index (χ0) is 12.1. The van der Waals surface area contributed by atoms with Gasteiger partial charge in [0.2, 0.25) is 0 Å². The van der Waals surface area contributed by atoms with Crippen molar-refractivity contribution in [3.05, 3.63) is 29.7 Å². The van der Waals surface area contributed by atoms with Crippen molar-refractivity contribution in [1.29, 1.82) is 0 Å². The molecule has 0 unspecified atom stereocenters. The van der Waals surface area contributed by atoms with E-state index in [2.05, 4.69) is 13.8 Å². The van der Waals surface area contributed by atoms with Crippen molar-refractivity contribution >= 4 is 0 Å². The summed E-state index contributed by atoms with van der Waals surface area (Å²) in [5, 5.41) is 0. The van der Waals surface area contributed by atoms with Gasteiger partial charge in [0.1, 0.15) is 11.5 Å². The van der Waals surface area contributed by atoms with Gasteiger partial charge in [-0.05, 0) is 39.0 Å². The van der Waals surface area contributed by atoms with Gasteiger partial charge in [-0.15, -0.1) is 0 Å². The van der Waals surface area contributed by atoms with Crippen molar-refractivity contribution in [2.24, 2.45) is 0 Å². The summed E-state index contributed by atoms with van der Waals surface area (Å²) in [6.07, 6.45) is 0.191. The minimum absolute atomic E-state index is 0.191. The summed E-state index contributed by atoms with van der Waals surface area (Å²) < 4.78 is 11.3. The number of hydrogen-bond acceptors (Lipinski definition) is 2. The molecule has 89 valence electrons. The highest BCUT2D eigenvalue weighted by molar-refractivity contribution is 5.47. The van der Waals surface area contributed by atoms with Crippen molar-refractivity contribution in [2.75, 3.05) is 6.61 Å². The van der Waals surface area contributed by atoms with Crippen LogP contribution in [0.25, 0.3) is 0 Å². The van der Waals surface area contributed by atoms with E-state index < -0.39 is 0 Å². The molecule has 16 heavy (non-hydrogen) atoms. The Morgan fingerprint density at radius 1 is 1.25 bits per heavy atom.